The van der Waals surface area contributed by atoms with Crippen molar-refractivity contribution < 1.29 is 36.6 Å². The second-order valence-electron chi connectivity index (χ2n) is 3.64. The predicted octanol–water partition coefficient (Wildman–Crippen LogP) is 3.34. The standard InChI is InChI=1S/2C7H6O2S.Co/c2*8-7(9)5-3-1-2-4-6(5)10;/h2*1-4,10H,(H,8,9);. The summed E-state index contributed by atoms with van der Waals surface area (Å²) in [6, 6.07) is 13.2. The Morgan fingerprint density at radius 3 is 1.19 bits per heavy atom. The molecule has 7 heteroatoms. The van der Waals surface area contributed by atoms with E-state index in [1.165, 1.54) is 12.1 Å². The van der Waals surface area contributed by atoms with Crippen molar-refractivity contribution in [1.82, 2.24) is 0 Å². The molecule has 0 aliphatic rings. The van der Waals surface area contributed by atoms with Crippen LogP contribution in [-0.2, 0) is 16.8 Å². The molecule has 2 rings (SSSR count). The van der Waals surface area contributed by atoms with Gasteiger partial charge in [0.15, 0.2) is 0 Å². The van der Waals surface area contributed by atoms with Gasteiger partial charge < -0.3 is 10.2 Å². The summed E-state index contributed by atoms with van der Waals surface area (Å²) >= 11 is 7.91. The van der Waals surface area contributed by atoms with Crippen LogP contribution >= 0.6 is 25.3 Å². The Morgan fingerprint density at radius 1 is 0.714 bits per heavy atom. The van der Waals surface area contributed by atoms with Crippen LogP contribution in [0.3, 0.4) is 0 Å². The van der Waals surface area contributed by atoms with E-state index in [0.717, 1.165) is 0 Å². The number of hydrogen-bond acceptors (Lipinski definition) is 4. The summed E-state index contributed by atoms with van der Waals surface area (Å²) < 4.78 is 0. The Bertz CT molecular complexity index is 576. The van der Waals surface area contributed by atoms with Crippen molar-refractivity contribution in [3.05, 3.63) is 59.7 Å². The Morgan fingerprint density at radius 2 is 1.00 bits per heavy atom. The van der Waals surface area contributed by atoms with Crippen LogP contribution in [0.25, 0.3) is 0 Å². The van der Waals surface area contributed by atoms with Crippen molar-refractivity contribution in [2.24, 2.45) is 0 Å². The molecule has 0 saturated heterocycles. The van der Waals surface area contributed by atoms with Crippen LogP contribution in [0.5, 0.6) is 0 Å². The molecule has 113 valence electrons. The summed E-state index contributed by atoms with van der Waals surface area (Å²) in [5, 5.41) is 17.0. The van der Waals surface area contributed by atoms with Gasteiger partial charge in [-0.1, -0.05) is 24.3 Å². The van der Waals surface area contributed by atoms with Crippen LogP contribution < -0.4 is 0 Å². The zero-order valence-corrected chi connectivity index (χ0v) is 13.4. The fourth-order valence-electron chi connectivity index (χ4n) is 1.31. The summed E-state index contributed by atoms with van der Waals surface area (Å²) in [5.74, 6) is -1.88. The molecule has 0 atom stereocenters. The zero-order valence-electron chi connectivity index (χ0n) is 10.6. The number of thiol groups is 2. The van der Waals surface area contributed by atoms with Crippen molar-refractivity contribution in [1.29, 1.82) is 0 Å². The molecular formula is C14H12CoO4S2. The summed E-state index contributed by atoms with van der Waals surface area (Å²) in [7, 11) is 0. The topological polar surface area (TPSA) is 74.6 Å². The van der Waals surface area contributed by atoms with E-state index in [4.69, 9.17) is 10.2 Å². The zero-order chi connectivity index (χ0) is 15.1. The van der Waals surface area contributed by atoms with Gasteiger partial charge in [0.1, 0.15) is 0 Å². The number of rotatable bonds is 2. The molecule has 0 fully saturated rings. The minimum absolute atomic E-state index is 0. The van der Waals surface area contributed by atoms with E-state index in [2.05, 4.69) is 25.3 Å². The summed E-state index contributed by atoms with van der Waals surface area (Å²) in [5.41, 5.74) is 0.483. The molecule has 0 aliphatic carbocycles. The summed E-state index contributed by atoms with van der Waals surface area (Å²) in [4.78, 5) is 21.7. The predicted molar refractivity (Wildman–Crippen MR) is 81.3 cm³/mol. The van der Waals surface area contributed by atoms with Gasteiger partial charge in [-0.3, -0.25) is 0 Å². The van der Waals surface area contributed by atoms with Crippen molar-refractivity contribution in [2.45, 2.75) is 9.79 Å². The maximum Gasteiger partial charge on any atom is 0.336 e. The van der Waals surface area contributed by atoms with Crippen molar-refractivity contribution in [3.63, 3.8) is 0 Å². The van der Waals surface area contributed by atoms with Crippen molar-refractivity contribution >= 4 is 37.2 Å². The molecule has 0 amide bonds. The largest absolute Gasteiger partial charge is 0.478 e. The monoisotopic (exact) mass is 367 g/mol. The molecule has 4 nitrogen and oxygen atoms in total. The van der Waals surface area contributed by atoms with Crippen LogP contribution in [0.15, 0.2) is 58.3 Å². The van der Waals surface area contributed by atoms with Gasteiger partial charge >= 0.3 is 11.9 Å². The quantitative estimate of drug-likeness (QED) is 0.614. The molecule has 0 heterocycles. The van der Waals surface area contributed by atoms with Gasteiger partial charge in [-0.2, -0.15) is 0 Å². The molecule has 21 heavy (non-hydrogen) atoms. The first-order valence-electron chi connectivity index (χ1n) is 5.46. The second-order valence-corrected chi connectivity index (χ2v) is 4.61. The number of carboxylic acid groups (broad SMARTS) is 2. The van der Waals surface area contributed by atoms with Crippen LogP contribution in [0.1, 0.15) is 20.7 Å². The minimum Gasteiger partial charge on any atom is -0.478 e. The fourth-order valence-corrected chi connectivity index (χ4v) is 1.82. The Kier molecular flexibility index (Phi) is 8.87. The molecule has 0 bridgehead atoms. The molecule has 0 spiro atoms. The Labute approximate surface area is 143 Å². The first kappa shape index (κ1) is 19.6. The van der Waals surface area contributed by atoms with Gasteiger partial charge in [-0.25, -0.2) is 9.59 Å². The van der Waals surface area contributed by atoms with Gasteiger partial charge in [-0.15, -0.1) is 25.3 Å². The van der Waals surface area contributed by atoms with Gasteiger partial charge in [0.05, 0.1) is 11.1 Å². The van der Waals surface area contributed by atoms with Crippen LogP contribution in [-0.4, -0.2) is 22.2 Å². The second kappa shape index (κ2) is 9.51. The normalized spacial score (nSPS) is 8.86. The smallest absolute Gasteiger partial charge is 0.336 e. The van der Waals surface area contributed by atoms with E-state index in [1.54, 1.807) is 36.4 Å². The molecule has 0 unspecified atom stereocenters. The van der Waals surface area contributed by atoms with E-state index in [9.17, 15) is 9.59 Å². The summed E-state index contributed by atoms with van der Waals surface area (Å²) in [6.07, 6.45) is 0. The number of aromatic carboxylic acids is 2. The Hall–Kier alpha value is -1.41. The van der Waals surface area contributed by atoms with E-state index in [-0.39, 0.29) is 27.9 Å². The number of carboxylic acids is 2. The molecule has 1 radical (unpaired) electrons. The van der Waals surface area contributed by atoms with Gasteiger partial charge in [0, 0.05) is 26.6 Å². The average Bonchev–Trinajstić information content (AvgIpc) is 2.40. The van der Waals surface area contributed by atoms with Gasteiger partial charge in [-0.05, 0) is 24.3 Å². The molecule has 2 N–H and O–H groups in total. The van der Waals surface area contributed by atoms with Crippen molar-refractivity contribution in [3.8, 4) is 0 Å². The molecule has 0 saturated carbocycles. The molecule has 0 aliphatic heterocycles. The minimum atomic E-state index is -0.939. The van der Waals surface area contributed by atoms with Crippen LogP contribution in [0, 0.1) is 0 Å². The van der Waals surface area contributed by atoms with Crippen LogP contribution in [0.4, 0.5) is 0 Å². The van der Waals surface area contributed by atoms with E-state index in [1.807, 2.05) is 0 Å². The maximum absolute atomic E-state index is 10.4. The number of hydrogen-bond donors (Lipinski definition) is 4. The molecule has 0 aromatic heterocycles. The average molecular weight is 367 g/mol. The molecule has 2 aromatic rings. The van der Waals surface area contributed by atoms with Crippen LogP contribution in [0.2, 0.25) is 0 Å². The fraction of sp³-hybridized carbons (Fsp3) is 0. The molecular weight excluding hydrogens is 355 g/mol. The third-order valence-electron chi connectivity index (χ3n) is 2.27. The number of benzene rings is 2. The first-order valence-corrected chi connectivity index (χ1v) is 6.35. The SMILES string of the molecule is O=C(O)c1ccccc1S.O=C(O)c1ccccc1S.[Co]. The molecule has 2 aromatic carbocycles. The Balaban J connectivity index is 0.000000364. The summed E-state index contributed by atoms with van der Waals surface area (Å²) in [6.45, 7) is 0. The maximum atomic E-state index is 10.4. The third-order valence-corrected chi connectivity index (χ3v) is 3.05. The number of carbonyl (C=O) groups is 2. The van der Waals surface area contributed by atoms with E-state index in [0.29, 0.717) is 9.79 Å². The first-order chi connectivity index (χ1) is 9.43. The van der Waals surface area contributed by atoms with Crippen molar-refractivity contribution in [2.75, 3.05) is 0 Å². The third kappa shape index (κ3) is 6.26. The van der Waals surface area contributed by atoms with E-state index < -0.39 is 11.9 Å². The van der Waals surface area contributed by atoms with Gasteiger partial charge in [0.2, 0.25) is 0 Å². The van der Waals surface area contributed by atoms with E-state index >= 15 is 0 Å². The van der Waals surface area contributed by atoms with Gasteiger partial charge in [0.25, 0.3) is 0 Å².